The lowest BCUT2D eigenvalue weighted by atomic mass is 10.1. The average molecular weight is 574 g/mol. The van der Waals surface area contributed by atoms with Crippen LogP contribution >= 0.6 is 11.6 Å². The van der Waals surface area contributed by atoms with E-state index >= 15 is 0 Å². The van der Waals surface area contributed by atoms with Crippen molar-refractivity contribution in [1.29, 1.82) is 0 Å². The van der Waals surface area contributed by atoms with E-state index in [4.69, 9.17) is 21.3 Å². The van der Waals surface area contributed by atoms with Gasteiger partial charge in [0.1, 0.15) is 23.5 Å². The number of benzene rings is 2. The summed E-state index contributed by atoms with van der Waals surface area (Å²) in [5.74, 6) is 1.23. The molecule has 0 radical (unpaired) electrons. The minimum absolute atomic E-state index is 0.0121. The summed E-state index contributed by atoms with van der Waals surface area (Å²) in [6.07, 6.45) is 8.12. The molecule has 41 heavy (non-hydrogen) atoms. The van der Waals surface area contributed by atoms with Crippen LogP contribution in [0.3, 0.4) is 0 Å². The van der Waals surface area contributed by atoms with Crippen LogP contribution < -0.4 is 19.9 Å². The molecule has 11 heteroatoms. The highest BCUT2D eigenvalue weighted by atomic mass is 35.5. The van der Waals surface area contributed by atoms with Crippen molar-refractivity contribution < 1.29 is 14.6 Å². The Kier molecular flexibility index (Phi) is 9.22. The largest absolute Gasteiger partial charge is 0.495 e. The van der Waals surface area contributed by atoms with Crippen LogP contribution in [0.1, 0.15) is 39.9 Å². The molecule has 1 atom stereocenters. The normalized spacial score (nSPS) is 14.6. The smallest absolute Gasteiger partial charge is 0.256 e. The van der Waals surface area contributed by atoms with E-state index in [9.17, 15) is 9.90 Å². The Labute approximate surface area is 244 Å². The van der Waals surface area contributed by atoms with Crippen LogP contribution in [0.4, 0.5) is 11.8 Å². The van der Waals surface area contributed by atoms with Gasteiger partial charge in [-0.15, -0.1) is 0 Å². The van der Waals surface area contributed by atoms with Crippen molar-refractivity contribution in [1.82, 2.24) is 25.3 Å². The van der Waals surface area contributed by atoms with Gasteiger partial charge in [-0.3, -0.25) is 4.79 Å². The number of rotatable bonds is 11. The Morgan fingerprint density at radius 1 is 1.10 bits per heavy atom. The number of hydrogen-bond donors (Lipinski definition) is 2. The molecule has 0 bridgehead atoms. The zero-order valence-corrected chi connectivity index (χ0v) is 23.5. The van der Waals surface area contributed by atoms with Crippen molar-refractivity contribution in [3.63, 3.8) is 0 Å². The highest BCUT2D eigenvalue weighted by Gasteiger charge is 2.29. The second-order valence-electron chi connectivity index (χ2n) is 9.82. The molecule has 3 heterocycles. The first-order valence-corrected chi connectivity index (χ1v) is 13.8. The van der Waals surface area contributed by atoms with Gasteiger partial charge in [0.2, 0.25) is 5.95 Å². The maximum atomic E-state index is 13.6. The van der Waals surface area contributed by atoms with E-state index in [1.807, 2.05) is 58.3 Å². The van der Waals surface area contributed by atoms with Crippen molar-refractivity contribution in [2.24, 2.45) is 0 Å². The Hall–Kier alpha value is -4.28. The van der Waals surface area contributed by atoms with Crippen molar-refractivity contribution >= 4 is 29.3 Å². The number of aliphatic hydroxyl groups excluding tert-OH is 1. The molecular formula is C30H32ClN7O3. The predicted molar refractivity (Wildman–Crippen MR) is 157 cm³/mol. The van der Waals surface area contributed by atoms with E-state index in [-0.39, 0.29) is 25.1 Å². The van der Waals surface area contributed by atoms with E-state index in [1.165, 1.54) is 6.33 Å². The van der Waals surface area contributed by atoms with E-state index in [0.29, 0.717) is 41.2 Å². The van der Waals surface area contributed by atoms with Gasteiger partial charge < -0.3 is 25.0 Å². The lowest BCUT2D eigenvalue weighted by Gasteiger charge is -2.29. The third-order valence-corrected chi connectivity index (χ3v) is 7.31. The predicted octanol–water partition coefficient (Wildman–Crippen LogP) is 4.03. The van der Waals surface area contributed by atoms with E-state index in [1.54, 1.807) is 25.7 Å². The number of halogens is 1. The number of carbonyl (C=O) groups is 1. The number of nitrogens with zero attached hydrogens (tertiary/aromatic N) is 6. The molecule has 10 nitrogen and oxygen atoms in total. The first-order chi connectivity index (χ1) is 20.1. The van der Waals surface area contributed by atoms with Crippen LogP contribution in [-0.2, 0) is 19.6 Å². The molecule has 1 fully saturated rings. The van der Waals surface area contributed by atoms with Crippen LogP contribution in [0.25, 0.3) is 0 Å². The molecule has 1 aliphatic rings. The molecule has 2 aromatic heterocycles. The summed E-state index contributed by atoms with van der Waals surface area (Å²) >= 11 is 6.47. The molecule has 0 saturated carbocycles. The van der Waals surface area contributed by atoms with Gasteiger partial charge in [0, 0.05) is 50.3 Å². The van der Waals surface area contributed by atoms with Gasteiger partial charge in [-0.2, -0.15) is 4.98 Å². The summed E-state index contributed by atoms with van der Waals surface area (Å²) in [4.78, 5) is 35.2. The molecule has 4 aromatic rings. The molecule has 0 unspecified atom stereocenters. The zero-order valence-electron chi connectivity index (χ0n) is 22.8. The summed E-state index contributed by atoms with van der Waals surface area (Å²) in [5, 5.41) is 13.4. The highest BCUT2D eigenvalue weighted by Crippen LogP contribution is 2.30. The van der Waals surface area contributed by atoms with Gasteiger partial charge in [0.15, 0.2) is 0 Å². The lowest BCUT2D eigenvalue weighted by molar-refractivity contribution is 0.0950. The van der Waals surface area contributed by atoms with Crippen molar-refractivity contribution in [3.05, 3.63) is 101 Å². The SMILES string of the molecule is COc1ccc(CN(Cc2ccccc2)c2nc(N3CCC[C@H]3CO)ncc2C(=O)NCc2cncnc2)cc1Cl. The number of aliphatic hydroxyl groups is 1. The number of anilines is 2. The van der Waals surface area contributed by atoms with Gasteiger partial charge in [0.25, 0.3) is 5.91 Å². The molecule has 212 valence electrons. The highest BCUT2D eigenvalue weighted by molar-refractivity contribution is 6.32. The maximum absolute atomic E-state index is 13.6. The molecule has 5 rings (SSSR count). The van der Waals surface area contributed by atoms with Gasteiger partial charge >= 0.3 is 0 Å². The molecule has 0 aliphatic carbocycles. The Morgan fingerprint density at radius 2 is 1.88 bits per heavy atom. The van der Waals surface area contributed by atoms with Crippen molar-refractivity contribution in [2.45, 2.75) is 38.5 Å². The first-order valence-electron chi connectivity index (χ1n) is 13.4. The van der Waals surface area contributed by atoms with Crippen molar-refractivity contribution in [2.75, 3.05) is 30.1 Å². The van der Waals surface area contributed by atoms with Gasteiger partial charge in [-0.05, 0) is 36.1 Å². The standard InChI is InChI=1S/C30H32ClN7O3/c1-41-27-10-9-22(12-26(27)31)18-37(17-21-6-3-2-4-7-21)28-25(29(40)34-15-23-13-32-20-33-14-23)16-35-30(36-28)38-11-5-8-24(38)19-39/h2-4,6-7,9-10,12-14,16,20,24,39H,5,8,11,15,17-19H2,1H3,(H,34,40)/t24-/m0/s1. The number of carbonyl (C=O) groups excluding carboxylic acids is 1. The van der Waals surface area contributed by atoms with Gasteiger partial charge in [-0.25, -0.2) is 15.0 Å². The van der Waals surface area contributed by atoms with Crippen molar-refractivity contribution in [3.8, 4) is 5.75 Å². The lowest BCUT2D eigenvalue weighted by Crippen LogP contribution is -2.35. The third-order valence-electron chi connectivity index (χ3n) is 7.02. The summed E-state index contributed by atoms with van der Waals surface area (Å²) < 4.78 is 5.34. The summed E-state index contributed by atoms with van der Waals surface area (Å²) in [5.41, 5.74) is 3.08. The summed E-state index contributed by atoms with van der Waals surface area (Å²) in [6.45, 7) is 1.91. The fraction of sp³-hybridized carbons (Fsp3) is 0.300. The number of aromatic nitrogens is 4. The second kappa shape index (κ2) is 13.4. The van der Waals surface area contributed by atoms with Crippen LogP contribution in [0.2, 0.25) is 5.02 Å². The molecule has 2 aromatic carbocycles. The van der Waals surface area contributed by atoms with E-state index in [0.717, 1.165) is 36.1 Å². The maximum Gasteiger partial charge on any atom is 0.256 e. The molecule has 2 N–H and O–H groups in total. The Balaban J connectivity index is 1.54. The number of methoxy groups -OCH3 is 1. The Morgan fingerprint density at radius 3 is 2.61 bits per heavy atom. The fourth-order valence-electron chi connectivity index (χ4n) is 4.93. The number of ether oxygens (including phenoxy) is 1. The monoisotopic (exact) mass is 573 g/mol. The van der Waals surface area contributed by atoms with E-state index < -0.39 is 0 Å². The zero-order chi connectivity index (χ0) is 28.6. The first kappa shape index (κ1) is 28.3. The quantitative estimate of drug-likeness (QED) is 0.274. The molecule has 1 saturated heterocycles. The topological polar surface area (TPSA) is 117 Å². The third kappa shape index (κ3) is 6.90. The summed E-state index contributed by atoms with van der Waals surface area (Å²) in [7, 11) is 1.58. The Bertz CT molecular complexity index is 1460. The van der Waals surface area contributed by atoms with Gasteiger partial charge in [0.05, 0.1) is 24.8 Å². The minimum Gasteiger partial charge on any atom is -0.495 e. The number of amides is 1. The second-order valence-corrected chi connectivity index (χ2v) is 10.2. The molecule has 1 aliphatic heterocycles. The number of hydrogen-bond acceptors (Lipinski definition) is 9. The number of nitrogens with one attached hydrogen (secondary N) is 1. The van der Waals surface area contributed by atoms with Crippen LogP contribution in [0, 0.1) is 0 Å². The summed E-state index contributed by atoms with van der Waals surface area (Å²) in [6, 6.07) is 15.6. The van der Waals surface area contributed by atoms with E-state index in [2.05, 4.69) is 20.3 Å². The minimum atomic E-state index is -0.318. The average Bonchev–Trinajstić information content (AvgIpc) is 3.50. The molecule has 0 spiro atoms. The fourth-order valence-corrected chi connectivity index (χ4v) is 5.21. The van der Waals surface area contributed by atoms with Gasteiger partial charge in [-0.1, -0.05) is 48.0 Å². The van der Waals surface area contributed by atoms with Crippen LogP contribution in [0.5, 0.6) is 5.75 Å². The van der Waals surface area contributed by atoms with Crippen LogP contribution in [0.15, 0.2) is 73.4 Å². The molecule has 1 amide bonds. The van der Waals surface area contributed by atoms with Crippen LogP contribution in [-0.4, -0.2) is 57.3 Å². The molecular weight excluding hydrogens is 542 g/mol.